The molecule has 88 valence electrons. The summed E-state index contributed by atoms with van der Waals surface area (Å²) in [6.45, 7) is 8.45. The molecule has 2 nitrogen and oxygen atoms in total. The number of nitrogens with one attached hydrogen (secondary N) is 1. The Morgan fingerprint density at radius 3 is 2.60 bits per heavy atom. The lowest BCUT2D eigenvalue weighted by atomic mass is 9.73. The molecule has 0 aromatic heterocycles. The summed E-state index contributed by atoms with van der Waals surface area (Å²) in [5, 5.41) is 3.66. The van der Waals surface area contributed by atoms with Crippen LogP contribution in [0.3, 0.4) is 0 Å². The lowest BCUT2D eigenvalue weighted by Crippen LogP contribution is -2.54. The molecular weight excluding hydrogens is 184 g/mol. The van der Waals surface area contributed by atoms with E-state index in [0.717, 1.165) is 6.04 Å². The third-order valence-electron chi connectivity index (χ3n) is 4.67. The third kappa shape index (κ3) is 2.21. The van der Waals surface area contributed by atoms with Crippen LogP contribution >= 0.6 is 0 Å². The molecule has 2 rings (SSSR count). The molecule has 2 heteroatoms. The van der Waals surface area contributed by atoms with Crippen molar-refractivity contribution in [2.24, 2.45) is 0 Å². The Balaban J connectivity index is 1.92. The molecule has 1 saturated heterocycles. The predicted molar refractivity (Wildman–Crippen MR) is 65.1 cm³/mol. The van der Waals surface area contributed by atoms with Crippen molar-refractivity contribution < 1.29 is 0 Å². The van der Waals surface area contributed by atoms with Gasteiger partial charge in [-0.25, -0.2) is 0 Å². The number of nitrogens with zero attached hydrogens (tertiary/aromatic N) is 1. The molecule has 2 fully saturated rings. The van der Waals surface area contributed by atoms with Crippen LogP contribution in [0, 0.1) is 0 Å². The maximum atomic E-state index is 3.66. The molecule has 1 saturated carbocycles. The van der Waals surface area contributed by atoms with Crippen molar-refractivity contribution >= 4 is 0 Å². The van der Waals surface area contributed by atoms with Gasteiger partial charge in [-0.3, -0.25) is 4.90 Å². The summed E-state index contributed by atoms with van der Waals surface area (Å²) in [6.07, 6.45) is 8.32. The number of hydrogen-bond acceptors (Lipinski definition) is 2. The van der Waals surface area contributed by atoms with Gasteiger partial charge >= 0.3 is 0 Å². The zero-order chi connectivity index (χ0) is 10.7. The first-order valence-electron chi connectivity index (χ1n) is 6.79. The second-order valence-corrected chi connectivity index (χ2v) is 5.27. The highest BCUT2D eigenvalue weighted by Crippen LogP contribution is 2.40. The molecule has 0 radical (unpaired) electrons. The van der Waals surface area contributed by atoms with E-state index in [9.17, 15) is 0 Å². The van der Waals surface area contributed by atoms with Crippen molar-refractivity contribution in [3.05, 3.63) is 0 Å². The van der Waals surface area contributed by atoms with E-state index in [2.05, 4.69) is 24.1 Å². The van der Waals surface area contributed by atoms with E-state index >= 15 is 0 Å². The fraction of sp³-hybridized carbons (Fsp3) is 1.00. The Labute approximate surface area is 94.4 Å². The Morgan fingerprint density at radius 1 is 1.27 bits per heavy atom. The predicted octanol–water partition coefficient (Wildman–Crippen LogP) is 2.39. The summed E-state index contributed by atoms with van der Waals surface area (Å²) in [7, 11) is 0. The van der Waals surface area contributed by atoms with E-state index in [-0.39, 0.29) is 0 Å². The van der Waals surface area contributed by atoms with Crippen LogP contribution < -0.4 is 5.32 Å². The smallest absolute Gasteiger partial charge is 0.0207 e. The van der Waals surface area contributed by atoms with Gasteiger partial charge in [0.05, 0.1) is 0 Å². The Kier molecular flexibility index (Phi) is 3.68. The van der Waals surface area contributed by atoms with E-state index in [1.54, 1.807) is 0 Å². The number of hydrogen-bond donors (Lipinski definition) is 1. The topological polar surface area (TPSA) is 15.3 Å². The van der Waals surface area contributed by atoms with Crippen LogP contribution in [0.5, 0.6) is 0 Å². The van der Waals surface area contributed by atoms with Gasteiger partial charge in [-0.2, -0.15) is 0 Å². The normalized spacial score (nSPS) is 32.0. The molecular formula is C13H26N2. The minimum atomic E-state index is 0.601. The van der Waals surface area contributed by atoms with E-state index in [1.165, 1.54) is 58.2 Å². The minimum absolute atomic E-state index is 0.601. The van der Waals surface area contributed by atoms with Crippen LogP contribution in [0.1, 0.15) is 52.4 Å². The standard InChI is InChI=1S/C13H26N2/c1-3-12-6-10-15(11-9-14-12)13(4-2)7-5-8-13/h12,14H,3-11H2,1-2H3. The quantitative estimate of drug-likeness (QED) is 0.769. The van der Waals surface area contributed by atoms with Crippen LogP contribution in [-0.2, 0) is 0 Å². The van der Waals surface area contributed by atoms with Crippen LogP contribution in [0.15, 0.2) is 0 Å². The largest absolute Gasteiger partial charge is 0.313 e. The number of rotatable bonds is 3. The van der Waals surface area contributed by atoms with Gasteiger partial charge in [-0.05, 0) is 38.5 Å². The summed E-state index contributed by atoms with van der Waals surface area (Å²) in [5.74, 6) is 0. The van der Waals surface area contributed by atoms with E-state index < -0.39 is 0 Å². The van der Waals surface area contributed by atoms with E-state index in [0.29, 0.717) is 5.54 Å². The van der Waals surface area contributed by atoms with Gasteiger partial charge < -0.3 is 5.32 Å². The van der Waals surface area contributed by atoms with Crippen molar-refractivity contribution in [2.75, 3.05) is 19.6 Å². The highest BCUT2D eigenvalue weighted by molar-refractivity contribution is 4.98. The molecule has 2 aliphatic rings. The van der Waals surface area contributed by atoms with Crippen molar-refractivity contribution in [1.82, 2.24) is 10.2 Å². The first-order valence-corrected chi connectivity index (χ1v) is 6.79. The average Bonchev–Trinajstić information content (AvgIpc) is 2.43. The average molecular weight is 210 g/mol. The molecule has 0 bridgehead atoms. The van der Waals surface area contributed by atoms with Gasteiger partial charge in [0.1, 0.15) is 0 Å². The fourth-order valence-corrected chi connectivity index (χ4v) is 3.23. The Bertz CT molecular complexity index is 193. The zero-order valence-corrected chi connectivity index (χ0v) is 10.4. The maximum absolute atomic E-state index is 3.66. The van der Waals surface area contributed by atoms with Crippen molar-refractivity contribution in [3.63, 3.8) is 0 Å². The molecule has 1 aliphatic heterocycles. The molecule has 0 aromatic rings. The van der Waals surface area contributed by atoms with Crippen LogP contribution in [0.2, 0.25) is 0 Å². The lowest BCUT2D eigenvalue weighted by Gasteiger charge is -2.50. The summed E-state index contributed by atoms with van der Waals surface area (Å²) in [4.78, 5) is 2.78. The van der Waals surface area contributed by atoms with Gasteiger partial charge in [-0.1, -0.05) is 13.8 Å². The van der Waals surface area contributed by atoms with E-state index in [4.69, 9.17) is 0 Å². The molecule has 1 atom stereocenters. The van der Waals surface area contributed by atoms with Crippen LogP contribution in [0.25, 0.3) is 0 Å². The minimum Gasteiger partial charge on any atom is -0.313 e. The van der Waals surface area contributed by atoms with Crippen molar-refractivity contribution in [2.45, 2.75) is 64.0 Å². The molecule has 0 aromatic carbocycles. The van der Waals surface area contributed by atoms with Crippen LogP contribution in [-0.4, -0.2) is 36.1 Å². The SMILES string of the molecule is CCC1CCN(C2(CC)CCC2)CCN1. The van der Waals surface area contributed by atoms with Gasteiger partial charge in [0.15, 0.2) is 0 Å². The summed E-state index contributed by atoms with van der Waals surface area (Å²) in [5.41, 5.74) is 0.601. The molecule has 15 heavy (non-hydrogen) atoms. The monoisotopic (exact) mass is 210 g/mol. The van der Waals surface area contributed by atoms with Crippen molar-refractivity contribution in [3.8, 4) is 0 Å². The molecule has 1 heterocycles. The van der Waals surface area contributed by atoms with Gasteiger partial charge in [-0.15, -0.1) is 0 Å². The third-order valence-corrected chi connectivity index (χ3v) is 4.67. The van der Waals surface area contributed by atoms with Gasteiger partial charge in [0.2, 0.25) is 0 Å². The van der Waals surface area contributed by atoms with Crippen molar-refractivity contribution in [1.29, 1.82) is 0 Å². The second kappa shape index (κ2) is 4.84. The van der Waals surface area contributed by atoms with Gasteiger partial charge in [0, 0.05) is 31.2 Å². The molecule has 1 unspecified atom stereocenters. The first kappa shape index (κ1) is 11.4. The Morgan fingerprint density at radius 2 is 2.07 bits per heavy atom. The first-order chi connectivity index (χ1) is 7.30. The molecule has 1 aliphatic carbocycles. The molecule has 0 amide bonds. The summed E-state index contributed by atoms with van der Waals surface area (Å²) < 4.78 is 0. The van der Waals surface area contributed by atoms with Crippen LogP contribution in [0.4, 0.5) is 0 Å². The molecule has 1 N–H and O–H groups in total. The highest BCUT2D eigenvalue weighted by atomic mass is 15.2. The maximum Gasteiger partial charge on any atom is 0.0207 e. The summed E-state index contributed by atoms with van der Waals surface area (Å²) >= 11 is 0. The highest BCUT2D eigenvalue weighted by Gasteiger charge is 2.40. The van der Waals surface area contributed by atoms with E-state index in [1.807, 2.05) is 0 Å². The fourth-order valence-electron chi connectivity index (χ4n) is 3.23. The lowest BCUT2D eigenvalue weighted by molar-refractivity contribution is 0.0169. The summed E-state index contributed by atoms with van der Waals surface area (Å²) in [6, 6.07) is 0.768. The zero-order valence-electron chi connectivity index (χ0n) is 10.4. The second-order valence-electron chi connectivity index (χ2n) is 5.27. The Hall–Kier alpha value is -0.0800. The molecule has 0 spiro atoms. The van der Waals surface area contributed by atoms with Gasteiger partial charge in [0.25, 0.3) is 0 Å².